The van der Waals surface area contributed by atoms with Crippen LogP contribution in [0.15, 0.2) is 67.0 Å². The molecule has 0 unspecified atom stereocenters. The zero-order chi connectivity index (χ0) is 18.8. The average Bonchev–Trinajstić information content (AvgIpc) is 3.06. The van der Waals surface area contributed by atoms with Crippen LogP contribution in [0.1, 0.15) is 24.2 Å². The van der Waals surface area contributed by atoms with Crippen molar-refractivity contribution >= 4 is 23.4 Å². The zero-order valence-corrected chi connectivity index (χ0v) is 16.7. The van der Waals surface area contributed by atoms with E-state index >= 15 is 0 Å². The maximum atomic E-state index is 6.21. The van der Waals surface area contributed by atoms with Crippen LogP contribution < -0.4 is 10.5 Å². The summed E-state index contributed by atoms with van der Waals surface area (Å²) in [4.78, 5) is 9.13. The van der Waals surface area contributed by atoms with Crippen molar-refractivity contribution in [2.45, 2.75) is 19.6 Å². The summed E-state index contributed by atoms with van der Waals surface area (Å²) in [5, 5.41) is 0. The van der Waals surface area contributed by atoms with Gasteiger partial charge in [0.25, 0.3) is 0 Å². The van der Waals surface area contributed by atoms with Crippen molar-refractivity contribution in [3.63, 3.8) is 0 Å². The quantitative estimate of drug-likeness (QED) is 0.534. The van der Waals surface area contributed by atoms with E-state index in [1.165, 1.54) is 0 Å². The van der Waals surface area contributed by atoms with Crippen molar-refractivity contribution < 1.29 is 4.74 Å². The third kappa shape index (κ3) is 4.01. The second kappa shape index (κ2) is 8.42. The molecule has 0 bridgehead atoms. The largest absolute Gasteiger partial charge is 0.473 e. The molecule has 4 rings (SSSR count). The van der Waals surface area contributed by atoms with Gasteiger partial charge >= 0.3 is 0 Å². The molecule has 6 heteroatoms. The molecule has 0 spiro atoms. The molecule has 5 nitrogen and oxygen atoms in total. The van der Waals surface area contributed by atoms with Gasteiger partial charge in [-0.2, -0.15) is 0 Å². The van der Waals surface area contributed by atoms with E-state index in [0.29, 0.717) is 12.5 Å². The van der Waals surface area contributed by atoms with Gasteiger partial charge in [0.1, 0.15) is 6.61 Å². The number of fused-ring (bicyclic) bond motifs is 1. The van der Waals surface area contributed by atoms with Crippen LogP contribution in [0.5, 0.6) is 5.88 Å². The first-order valence-corrected chi connectivity index (χ1v) is 8.96. The number of aryl methyl sites for hydroxylation is 1. The van der Waals surface area contributed by atoms with Crippen LogP contribution in [0.25, 0.3) is 22.2 Å². The Hall–Kier alpha value is -2.89. The predicted molar refractivity (Wildman–Crippen MR) is 115 cm³/mol. The standard InChI is InChI=1S/C22H22N4O.ClH/c1-15(23)22-18(13-20-19(25-22)9-11-26(20)2)17-8-10-24-21(12-17)27-14-16-6-4-3-5-7-16;/h3-13,15H,14,23H2,1-2H3;1H/t15-;/m0./s1. The highest BCUT2D eigenvalue weighted by atomic mass is 35.5. The van der Waals surface area contributed by atoms with E-state index in [9.17, 15) is 0 Å². The number of nitrogens with two attached hydrogens (primary N) is 1. The molecular formula is C22H23ClN4O. The van der Waals surface area contributed by atoms with E-state index in [0.717, 1.165) is 33.4 Å². The number of rotatable bonds is 5. The van der Waals surface area contributed by atoms with E-state index in [1.54, 1.807) is 6.20 Å². The lowest BCUT2D eigenvalue weighted by molar-refractivity contribution is 0.294. The number of halogens is 1. The zero-order valence-electron chi connectivity index (χ0n) is 15.9. The fourth-order valence-electron chi connectivity index (χ4n) is 3.17. The first kappa shape index (κ1) is 19.9. The number of benzene rings is 1. The third-order valence-corrected chi connectivity index (χ3v) is 4.60. The molecule has 0 aliphatic rings. The minimum atomic E-state index is -0.175. The van der Waals surface area contributed by atoms with Crippen molar-refractivity contribution in [1.82, 2.24) is 14.5 Å². The summed E-state index contributed by atoms with van der Waals surface area (Å²) >= 11 is 0. The SMILES string of the molecule is C[C@H](N)c1nc2ccn(C)c2cc1-c1ccnc(OCc2ccccc2)c1.Cl. The molecule has 144 valence electrons. The Kier molecular flexibility index (Phi) is 5.97. The lowest BCUT2D eigenvalue weighted by atomic mass is 10.0. The maximum Gasteiger partial charge on any atom is 0.214 e. The smallest absolute Gasteiger partial charge is 0.214 e. The maximum absolute atomic E-state index is 6.21. The predicted octanol–water partition coefficient (Wildman–Crippen LogP) is 4.66. The fourth-order valence-corrected chi connectivity index (χ4v) is 3.17. The first-order valence-electron chi connectivity index (χ1n) is 8.96. The van der Waals surface area contributed by atoms with Crippen molar-refractivity contribution in [3.8, 4) is 17.0 Å². The second-order valence-electron chi connectivity index (χ2n) is 6.70. The van der Waals surface area contributed by atoms with E-state index in [-0.39, 0.29) is 18.4 Å². The number of hydrogen-bond acceptors (Lipinski definition) is 4. The molecule has 28 heavy (non-hydrogen) atoms. The Balaban J connectivity index is 0.00000225. The van der Waals surface area contributed by atoms with Crippen LogP contribution in [-0.2, 0) is 13.7 Å². The minimum absolute atomic E-state index is 0. The second-order valence-corrected chi connectivity index (χ2v) is 6.70. The highest BCUT2D eigenvalue weighted by Gasteiger charge is 2.15. The van der Waals surface area contributed by atoms with E-state index < -0.39 is 0 Å². The molecule has 1 atom stereocenters. The van der Waals surface area contributed by atoms with Crippen LogP contribution in [0.4, 0.5) is 0 Å². The van der Waals surface area contributed by atoms with Crippen LogP contribution in [0.2, 0.25) is 0 Å². The lowest BCUT2D eigenvalue weighted by Gasteiger charge is -2.14. The number of nitrogens with zero attached hydrogens (tertiary/aromatic N) is 3. The average molecular weight is 395 g/mol. The highest BCUT2D eigenvalue weighted by molar-refractivity contribution is 5.85. The van der Waals surface area contributed by atoms with Gasteiger partial charge < -0.3 is 15.0 Å². The van der Waals surface area contributed by atoms with Gasteiger partial charge in [0.05, 0.1) is 16.7 Å². The first-order chi connectivity index (χ1) is 13.1. The summed E-state index contributed by atoms with van der Waals surface area (Å²) in [6, 6.07) is 17.9. The molecule has 3 aromatic heterocycles. The van der Waals surface area contributed by atoms with E-state index in [1.807, 2.05) is 68.7 Å². The van der Waals surface area contributed by atoms with Crippen LogP contribution in [0, 0.1) is 0 Å². The normalized spacial score (nSPS) is 11.8. The molecule has 0 fully saturated rings. The minimum Gasteiger partial charge on any atom is -0.473 e. The van der Waals surface area contributed by atoms with E-state index in [4.69, 9.17) is 15.5 Å². The lowest BCUT2D eigenvalue weighted by Crippen LogP contribution is -2.09. The van der Waals surface area contributed by atoms with Gasteiger partial charge in [-0.15, -0.1) is 12.4 Å². The molecule has 0 aliphatic heterocycles. The van der Waals surface area contributed by atoms with Gasteiger partial charge in [0, 0.05) is 37.1 Å². The Morgan fingerprint density at radius 2 is 1.89 bits per heavy atom. The van der Waals surface area contributed by atoms with Gasteiger partial charge in [-0.1, -0.05) is 30.3 Å². The van der Waals surface area contributed by atoms with Crippen LogP contribution >= 0.6 is 12.4 Å². The Morgan fingerprint density at radius 3 is 2.64 bits per heavy atom. The van der Waals surface area contributed by atoms with Crippen molar-refractivity contribution in [1.29, 1.82) is 0 Å². The molecule has 2 N–H and O–H groups in total. The monoisotopic (exact) mass is 394 g/mol. The Labute approximate surface area is 170 Å². The van der Waals surface area contributed by atoms with Gasteiger partial charge in [0.15, 0.2) is 0 Å². The van der Waals surface area contributed by atoms with E-state index in [2.05, 4.69) is 15.6 Å². The fraction of sp³-hybridized carbons (Fsp3) is 0.182. The molecule has 0 saturated carbocycles. The molecule has 0 radical (unpaired) electrons. The number of aromatic nitrogens is 3. The third-order valence-electron chi connectivity index (χ3n) is 4.60. The highest BCUT2D eigenvalue weighted by Crippen LogP contribution is 2.31. The Morgan fingerprint density at radius 1 is 1.11 bits per heavy atom. The molecule has 0 aliphatic carbocycles. The number of hydrogen-bond donors (Lipinski definition) is 1. The number of ether oxygens (including phenoxy) is 1. The molecule has 1 aromatic carbocycles. The molecule has 0 saturated heterocycles. The van der Waals surface area contributed by atoms with Crippen LogP contribution in [-0.4, -0.2) is 14.5 Å². The summed E-state index contributed by atoms with van der Waals surface area (Å²) in [6.07, 6.45) is 3.77. The molecule has 4 aromatic rings. The molecular weight excluding hydrogens is 372 g/mol. The summed E-state index contributed by atoms with van der Waals surface area (Å²) in [5.74, 6) is 0.582. The van der Waals surface area contributed by atoms with Crippen LogP contribution in [0.3, 0.4) is 0 Å². The van der Waals surface area contributed by atoms with Gasteiger partial charge in [-0.05, 0) is 36.2 Å². The van der Waals surface area contributed by atoms with Crippen molar-refractivity contribution in [2.24, 2.45) is 12.8 Å². The van der Waals surface area contributed by atoms with Gasteiger partial charge in [0.2, 0.25) is 5.88 Å². The van der Waals surface area contributed by atoms with Gasteiger partial charge in [-0.3, -0.25) is 0 Å². The number of pyridine rings is 2. The Bertz CT molecular complexity index is 1080. The summed E-state index contributed by atoms with van der Waals surface area (Å²) in [7, 11) is 2.01. The topological polar surface area (TPSA) is 66.0 Å². The van der Waals surface area contributed by atoms with Gasteiger partial charge in [-0.25, -0.2) is 9.97 Å². The summed E-state index contributed by atoms with van der Waals surface area (Å²) in [6.45, 7) is 2.43. The van der Waals surface area contributed by atoms with Crippen molar-refractivity contribution in [2.75, 3.05) is 0 Å². The summed E-state index contributed by atoms with van der Waals surface area (Å²) in [5.41, 5.74) is 12.2. The molecule has 0 amide bonds. The summed E-state index contributed by atoms with van der Waals surface area (Å²) < 4.78 is 7.94. The molecule has 3 heterocycles. The van der Waals surface area contributed by atoms with Crippen molar-refractivity contribution in [3.05, 3.63) is 78.2 Å².